The predicted octanol–water partition coefficient (Wildman–Crippen LogP) is 3.82. The number of benzene rings is 2. The number of anilines is 4. The number of rotatable bonds is 8. The maximum absolute atomic E-state index is 9.35. The molecule has 0 aliphatic heterocycles. The Kier molecular flexibility index (Phi) is 6.75. The Labute approximate surface area is 193 Å². The summed E-state index contributed by atoms with van der Waals surface area (Å²) in [4.78, 5) is 19.9. The fourth-order valence-electron chi connectivity index (χ4n) is 3.54. The second-order valence-electron chi connectivity index (χ2n) is 7.87. The molecule has 8 heteroatoms. The van der Waals surface area contributed by atoms with E-state index in [-0.39, 0.29) is 12.6 Å². The van der Waals surface area contributed by atoms with Crippen LogP contribution in [0.5, 0.6) is 0 Å². The van der Waals surface area contributed by atoms with E-state index < -0.39 is 0 Å². The van der Waals surface area contributed by atoms with Crippen molar-refractivity contribution < 1.29 is 5.11 Å². The molecular formula is C25H27N7O. The molecule has 0 fully saturated rings. The van der Waals surface area contributed by atoms with Crippen LogP contribution in [0.25, 0.3) is 11.4 Å². The topological polar surface area (TPSA) is 113 Å². The lowest BCUT2D eigenvalue weighted by molar-refractivity contribution is 0.281. The molecule has 4 rings (SSSR count). The van der Waals surface area contributed by atoms with Crippen LogP contribution in [0, 0.1) is 0 Å². The van der Waals surface area contributed by atoms with E-state index >= 15 is 0 Å². The summed E-state index contributed by atoms with van der Waals surface area (Å²) in [6.45, 7) is 2.11. The number of aliphatic hydroxyl groups excluding tert-OH is 1. The molecule has 8 nitrogen and oxygen atoms in total. The minimum absolute atomic E-state index is 0.0344. The van der Waals surface area contributed by atoms with E-state index in [1.165, 1.54) is 0 Å². The second-order valence-corrected chi connectivity index (χ2v) is 7.87. The van der Waals surface area contributed by atoms with Crippen molar-refractivity contribution in [3.8, 4) is 11.4 Å². The second kappa shape index (κ2) is 10.1. The van der Waals surface area contributed by atoms with Crippen LogP contribution in [0.2, 0.25) is 0 Å². The van der Waals surface area contributed by atoms with E-state index in [9.17, 15) is 5.11 Å². The van der Waals surface area contributed by atoms with Gasteiger partial charge in [0.25, 0.3) is 0 Å². The molecule has 0 aliphatic rings. The lowest BCUT2D eigenvalue weighted by Gasteiger charge is -2.20. The first kappa shape index (κ1) is 22.2. The van der Waals surface area contributed by atoms with Gasteiger partial charge in [-0.05, 0) is 30.5 Å². The normalized spacial score (nSPS) is 11.7. The van der Waals surface area contributed by atoms with Gasteiger partial charge in [0.2, 0.25) is 5.95 Å². The van der Waals surface area contributed by atoms with Crippen LogP contribution in [-0.2, 0) is 13.0 Å². The van der Waals surface area contributed by atoms with E-state index in [0.717, 1.165) is 23.1 Å². The molecule has 0 unspecified atom stereocenters. The van der Waals surface area contributed by atoms with Gasteiger partial charge < -0.3 is 21.1 Å². The first-order valence-corrected chi connectivity index (χ1v) is 10.7. The Bertz CT molecular complexity index is 1220. The van der Waals surface area contributed by atoms with Crippen LogP contribution in [0.4, 0.5) is 23.4 Å². The van der Waals surface area contributed by atoms with E-state index in [4.69, 9.17) is 5.73 Å². The molecular weight excluding hydrogens is 414 g/mol. The van der Waals surface area contributed by atoms with E-state index in [0.29, 0.717) is 29.2 Å². The molecule has 2 heterocycles. The molecule has 2 aromatic heterocycles. The van der Waals surface area contributed by atoms with Gasteiger partial charge in [0, 0.05) is 30.9 Å². The molecule has 1 atom stereocenters. The van der Waals surface area contributed by atoms with Crippen molar-refractivity contribution in [2.75, 3.05) is 23.0 Å². The third-order valence-corrected chi connectivity index (χ3v) is 5.18. The molecule has 0 spiro atoms. The van der Waals surface area contributed by atoms with Crippen molar-refractivity contribution >= 4 is 23.4 Å². The summed E-state index contributed by atoms with van der Waals surface area (Å²) in [7, 11) is 1.88. The average molecular weight is 442 g/mol. The Morgan fingerprint density at radius 1 is 0.939 bits per heavy atom. The summed E-state index contributed by atoms with van der Waals surface area (Å²) in [6.07, 6.45) is 2.49. The Morgan fingerprint density at radius 2 is 1.73 bits per heavy atom. The number of hydrogen-bond donors (Lipinski definition) is 3. The lowest BCUT2D eigenvalue weighted by Crippen LogP contribution is -2.21. The molecule has 0 saturated carbocycles. The highest BCUT2D eigenvalue weighted by atomic mass is 16.3. The van der Waals surface area contributed by atoms with Crippen LogP contribution in [-0.4, -0.2) is 38.1 Å². The van der Waals surface area contributed by atoms with E-state index in [1.54, 1.807) is 12.3 Å². The summed E-state index contributed by atoms with van der Waals surface area (Å²) >= 11 is 0. The number of nitrogens with one attached hydrogen (secondary N) is 1. The zero-order valence-electron chi connectivity index (χ0n) is 18.7. The van der Waals surface area contributed by atoms with Crippen molar-refractivity contribution in [3.63, 3.8) is 0 Å². The quantitative estimate of drug-likeness (QED) is 0.378. The monoisotopic (exact) mass is 441 g/mol. The Hall–Kier alpha value is -4.04. The molecule has 2 aromatic carbocycles. The number of nitrogen functional groups attached to an aromatic ring is 1. The fraction of sp³-hybridized carbons (Fsp3) is 0.200. The van der Waals surface area contributed by atoms with Crippen LogP contribution in [0.15, 0.2) is 72.9 Å². The highest BCUT2D eigenvalue weighted by Crippen LogP contribution is 2.25. The lowest BCUT2D eigenvalue weighted by atomic mass is 10.0. The maximum atomic E-state index is 9.35. The van der Waals surface area contributed by atoms with Crippen LogP contribution >= 0.6 is 0 Å². The minimum Gasteiger partial charge on any atom is -0.392 e. The van der Waals surface area contributed by atoms with Crippen molar-refractivity contribution in [2.24, 2.45) is 0 Å². The molecule has 33 heavy (non-hydrogen) atoms. The summed E-state index contributed by atoms with van der Waals surface area (Å²) in [5.41, 5.74) is 9.00. The zero-order valence-corrected chi connectivity index (χ0v) is 18.7. The third kappa shape index (κ3) is 5.61. The largest absolute Gasteiger partial charge is 0.392 e. The summed E-state index contributed by atoms with van der Waals surface area (Å²) in [5, 5.41) is 12.7. The highest BCUT2D eigenvalue weighted by Gasteiger charge is 2.13. The third-order valence-electron chi connectivity index (χ3n) is 5.18. The van der Waals surface area contributed by atoms with Crippen molar-refractivity contribution in [3.05, 3.63) is 84.1 Å². The minimum atomic E-state index is 0.0344. The SMILES string of the molecule is C[C@@H](Cc1cccc(CO)c1)Nc1nccc(N(C)c2cc(N)nc(-c3ccccc3)n2)n1. The van der Waals surface area contributed by atoms with Gasteiger partial charge in [-0.25, -0.2) is 15.0 Å². The van der Waals surface area contributed by atoms with Gasteiger partial charge in [-0.2, -0.15) is 4.98 Å². The van der Waals surface area contributed by atoms with Gasteiger partial charge in [-0.1, -0.05) is 54.6 Å². The molecule has 0 radical (unpaired) electrons. The summed E-state index contributed by atoms with van der Waals surface area (Å²) < 4.78 is 0. The summed E-state index contributed by atoms with van der Waals surface area (Å²) in [5.74, 6) is 2.79. The molecule has 168 valence electrons. The predicted molar refractivity (Wildman–Crippen MR) is 131 cm³/mol. The molecule has 0 saturated heterocycles. The van der Waals surface area contributed by atoms with Crippen LogP contribution < -0.4 is 16.0 Å². The number of nitrogens with two attached hydrogens (primary N) is 1. The number of nitrogens with zero attached hydrogens (tertiary/aromatic N) is 5. The van der Waals surface area contributed by atoms with Gasteiger partial charge in [0.15, 0.2) is 5.82 Å². The zero-order chi connectivity index (χ0) is 23.2. The highest BCUT2D eigenvalue weighted by molar-refractivity contribution is 5.64. The molecule has 0 amide bonds. The molecule has 0 aliphatic carbocycles. The standard InChI is InChI=1S/C25H27N7O/c1-17(13-18-7-6-8-19(14-18)16-33)28-25-27-12-11-22(31-25)32(2)23-15-21(26)29-24(30-23)20-9-4-3-5-10-20/h3-12,14-15,17,33H,13,16H2,1-2H3,(H2,26,29,30)(H,27,28,31)/t17-/m0/s1. The summed E-state index contributed by atoms with van der Waals surface area (Å²) in [6, 6.07) is 21.3. The van der Waals surface area contributed by atoms with Gasteiger partial charge in [-0.3, -0.25) is 0 Å². The number of hydrogen-bond acceptors (Lipinski definition) is 8. The first-order valence-electron chi connectivity index (χ1n) is 10.7. The maximum Gasteiger partial charge on any atom is 0.224 e. The Morgan fingerprint density at radius 3 is 2.52 bits per heavy atom. The van der Waals surface area contributed by atoms with Gasteiger partial charge in [-0.15, -0.1) is 0 Å². The van der Waals surface area contributed by atoms with Crippen molar-refractivity contribution in [2.45, 2.75) is 26.0 Å². The van der Waals surface area contributed by atoms with Crippen molar-refractivity contribution in [1.82, 2.24) is 19.9 Å². The van der Waals surface area contributed by atoms with E-state index in [1.807, 2.05) is 72.6 Å². The number of aliphatic hydroxyl groups is 1. The molecule has 0 bridgehead atoms. The Balaban J connectivity index is 1.51. The van der Waals surface area contributed by atoms with Crippen LogP contribution in [0.1, 0.15) is 18.1 Å². The van der Waals surface area contributed by atoms with Gasteiger partial charge in [0.05, 0.1) is 6.61 Å². The van der Waals surface area contributed by atoms with Crippen LogP contribution in [0.3, 0.4) is 0 Å². The molecule has 4 N–H and O–H groups in total. The van der Waals surface area contributed by atoms with Gasteiger partial charge in [0.1, 0.15) is 17.5 Å². The van der Waals surface area contributed by atoms with Gasteiger partial charge >= 0.3 is 0 Å². The smallest absolute Gasteiger partial charge is 0.224 e. The fourth-order valence-corrected chi connectivity index (χ4v) is 3.54. The van der Waals surface area contributed by atoms with E-state index in [2.05, 4.69) is 32.2 Å². The average Bonchev–Trinajstić information content (AvgIpc) is 2.84. The first-order chi connectivity index (χ1) is 16.0. The van der Waals surface area contributed by atoms with Crippen molar-refractivity contribution in [1.29, 1.82) is 0 Å². The molecule has 4 aromatic rings. The number of aromatic nitrogens is 4.